The van der Waals surface area contributed by atoms with E-state index in [1.807, 2.05) is 11.8 Å². The van der Waals surface area contributed by atoms with Crippen molar-refractivity contribution in [3.63, 3.8) is 0 Å². The zero-order valence-electron chi connectivity index (χ0n) is 9.58. The van der Waals surface area contributed by atoms with Crippen LogP contribution in [0.4, 0.5) is 4.79 Å². The number of carbonyl (C=O) groups excluding carboxylic acids is 1. The third-order valence-electron chi connectivity index (χ3n) is 2.44. The van der Waals surface area contributed by atoms with Crippen LogP contribution in [-0.4, -0.2) is 56.2 Å². The average molecular weight is 231 g/mol. The minimum atomic E-state index is -0.0202. The van der Waals surface area contributed by atoms with E-state index in [2.05, 4.69) is 10.6 Å². The summed E-state index contributed by atoms with van der Waals surface area (Å²) in [6.45, 7) is 2.66. The van der Waals surface area contributed by atoms with Crippen LogP contribution in [0.15, 0.2) is 0 Å². The highest BCUT2D eigenvalue weighted by Gasteiger charge is 2.14. The molecule has 1 rings (SSSR count). The summed E-state index contributed by atoms with van der Waals surface area (Å²) >= 11 is 2.04. The molecule has 0 saturated carbocycles. The lowest BCUT2D eigenvalue weighted by Gasteiger charge is -2.13. The van der Waals surface area contributed by atoms with E-state index in [0.717, 1.165) is 19.0 Å². The van der Waals surface area contributed by atoms with Crippen LogP contribution in [0.25, 0.3) is 0 Å². The Kier molecular flexibility index (Phi) is 5.86. The molecule has 5 heteroatoms. The summed E-state index contributed by atoms with van der Waals surface area (Å²) in [5.74, 6) is 3.43. The zero-order chi connectivity index (χ0) is 11.1. The second-order valence-electron chi connectivity index (χ2n) is 4.06. The Morgan fingerprint density at radius 1 is 1.47 bits per heavy atom. The first-order chi connectivity index (χ1) is 7.20. The predicted octanol–water partition coefficient (Wildman–Crippen LogP) is 0.600. The van der Waals surface area contributed by atoms with E-state index >= 15 is 0 Å². The van der Waals surface area contributed by atoms with Crippen LogP contribution in [0, 0.1) is 5.92 Å². The minimum absolute atomic E-state index is 0.0202. The Bertz CT molecular complexity index is 193. The van der Waals surface area contributed by atoms with Crippen molar-refractivity contribution in [1.82, 2.24) is 15.5 Å². The molecule has 2 N–H and O–H groups in total. The van der Waals surface area contributed by atoms with Gasteiger partial charge in [0.25, 0.3) is 0 Å². The van der Waals surface area contributed by atoms with Gasteiger partial charge in [0.1, 0.15) is 0 Å². The number of hydrogen-bond acceptors (Lipinski definition) is 3. The summed E-state index contributed by atoms with van der Waals surface area (Å²) < 4.78 is 0. The maximum atomic E-state index is 11.1. The van der Waals surface area contributed by atoms with Gasteiger partial charge in [0.15, 0.2) is 0 Å². The Morgan fingerprint density at radius 3 is 2.87 bits per heavy atom. The summed E-state index contributed by atoms with van der Waals surface area (Å²) in [7, 11) is 3.50. The van der Waals surface area contributed by atoms with Gasteiger partial charge in [-0.1, -0.05) is 0 Å². The van der Waals surface area contributed by atoms with E-state index in [-0.39, 0.29) is 6.03 Å². The lowest BCUT2D eigenvalue weighted by Crippen LogP contribution is -2.39. The molecule has 1 fully saturated rings. The Labute approximate surface area is 96.2 Å². The molecule has 0 aliphatic carbocycles. The molecule has 88 valence electrons. The summed E-state index contributed by atoms with van der Waals surface area (Å²) in [5.41, 5.74) is 0. The van der Waals surface area contributed by atoms with Gasteiger partial charge in [-0.25, -0.2) is 4.79 Å². The average Bonchev–Trinajstić information content (AvgIpc) is 2.69. The third kappa shape index (κ3) is 5.28. The zero-order valence-corrected chi connectivity index (χ0v) is 10.4. The van der Waals surface area contributed by atoms with Crippen molar-refractivity contribution in [2.24, 2.45) is 5.92 Å². The molecular formula is C10H21N3OS. The van der Waals surface area contributed by atoms with Crippen LogP contribution in [0.5, 0.6) is 0 Å². The number of nitrogens with one attached hydrogen (secondary N) is 2. The fraction of sp³-hybridized carbons (Fsp3) is 0.900. The normalized spacial score (nSPS) is 20.3. The summed E-state index contributed by atoms with van der Waals surface area (Å²) in [6, 6.07) is -0.0202. The van der Waals surface area contributed by atoms with Crippen LogP contribution in [0.2, 0.25) is 0 Å². The van der Waals surface area contributed by atoms with Crippen molar-refractivity contribution in [1.29, 1.82) is 0 Å². The first-order valence-corrected chi connectivity index (χ1v) is 6.59. The molecular weight excluding hydrogens is 210 g/mol. The van der Waals surface area contributed by atoms with Gasteiger partial charge in [-0.05, 0) is 30.4 Å². The maximum absolute atomic E-state index is 11.1. The molecule has 2 amide bonds. The molecule has 15 heavy (non-hydrogen) atoms. The van der Waals surface area contributed by atoms with Gasteiger partial charge in [0.05, 0.1) is 0 Å². The number of carbonyl (C=O) groups is 1. The first-order valence-electron chi connectivity index (χ1n) is 5.43. The molecule has 1 aliphatic heterocycles. The van der Waals surface area contributed by atoms with Crippen molar-refractivity contribution < 1.29 is 4.79 Å². The van der Waals surface area contributed by atoms with Gasteiger partial charge in [0.2, 0.25) is 0 Å². The second kappa shape index (κ2) is 6.95. The molecule has 0 aromatic heterocycles. The van der Waals surface area contributed by atoms with Gasteiger partial charge in [-0.2, -0.15) is 11.8 Å². The van der Waals surface area contributed by atoms with Crippen LogP contribution < -0.4 is 10.6 Å². The quantitative estimate of drug-likeness (QED) is 0.681. The minimum Gasteiger partial charge on any atom is -0.337 e. The molecule has 0 spiro atoms. The third-order valence-corrected chi connectivity index (χ3v) is 3.67. The topological polar surface area (TPSA) is 44.4 Å². The highest BCUT2D eigenvalue weighted by Crippen LogP contribution is 2.22. The highest BCUT2D eigenvalue weighted by molar-refractivity contribution is 7.99. The summed E-state index contributed by atoms with van der Waals surface area (Å²) in [4.78, 5) is 12.7. The predicted molar refractivity (Wildman–Crippen MR) is 65.4 cm³/mol. The van der Waals surface area contributed by atoms with E-state index in [1.54, 1.807) is 19.0 Å². The van der Waals surface area contributed by atoms with E-state index in [1.165, 1.54) is 17.9 Å². The number of urea groups is 1. The van der Waals surface area contributed by atoms with E-state index in [4.69, 9.17) is 0 Å². The number of amides is 2. The fourth-order valence-electron chi connectivity index (χ4n) is 1.47. The monoisotopic (exact) mass is 231 g/mol. The number of hydrogen-bond donors (Lipinski definition) is 2. The van der Waals surface area contributed by atoms with E-state index in [9.17, 15) is 4.79 Å². The van der Waals surface area contributed by atoms with Crippen molar-refractivity contribution in [2.45, 2.75) is 6.42 Å². The van der Waals surface area contributed by atoms with Gasteiger partial charge in [0, 0.05) is 27.2 Å². The van der Waals surface area contributed by atoms with E-state index < -0.39 is 0 Å². The van der Waals surface area contributed by atoms with Crippen LogP contribution in [0.3, 0.4) is 0 Å². The molecule has 0 aromatic rings. The van der Waals surface area contributed by atoms with Crippen LogP contribution in [-0.2, 0) is 0 Å². The smallest absolute Gasteiger partial charge is 0.316 e. The lowest BCUT2D eigenvalue weighted by atomic mass is 10.1. The number of nitrogens with zero attached hydrogens (tertiary/aromatic N) is 1. The van der Waals surface area contributed by atoms with Crippen molar-refractivity contribution >= 4 is 17.8 Å². The summed E-state index contributed by atoms with van der Waals surface area (Å²) in [5, 5.41) is 6.20. The number of thioether (sulfide) groups is 1. The van der Waals surface area contributed by atoms with Gasteiger partial charge in [-0.3, -0.25) is 0 Å². The number of rotatable bonds is 5. The van der Waals surface area contributed by atoms with E-state index in [0.29, 0.717) is 6.54 Å². The Hall–Kier alpha value is -0.420. The van der Waals surface area contributed by atoms with Crippen molar-refractivity contribution in [3.05, 3.63) is 0 Å². The SMILES string of the molecule is CN(C)C(=O)NCCNCC1CCSC1. The summed E-state index contributed by atoms with van der Waals surface area (Å²) in [6.07, 6.45) is 1.34. The Balaban J connectivity index is 1.90. The van der Waals surface area contributed by atoms with Crippen LogP contribution >= 0.6 is 11.8 Å². The maximum Gasteiger partial charge on any atom is 0.316 e. The molecule has 0 bridgehead atoms. The first kappa shape index (κ1) is 12.6. The highest BCUT2D eigenvalue weighted by atomic mass is 32.2. The Morgan fingerprint density at radius 2 is 2.27 bits per heavy atom. The van der Waals surface area contributed by atoms with Crippen LogP contribution in [0.1, 0.15) is 6.42 Å². The van der Waals surface area contributed by atoms with Gasteiger partial charge in [-0.15, -0.1) is 0 Å². The molecule has 1 saturated heterocycles. The molecule has 1 atom stereocenters. The molecule has 1 aliphatic rings. The van der Waals surface area contributed by atoms with Gasteiger partial charge >= 0.3 is 6.03 Å². The largest absolute Gasteiger partial charge is 0.337 e. The molecule has 0 aromatic carbocycles. The molecule has 0 radical (unpaired) electrons. The molecule has 1 heterocycles. The molecule has 4 nitrogen and oxygen atoms in total. The van der Waals surface area contributed by atoms with Crippen molar-refractivity contribution in [2.75, 3.05) is 45.2 Å². The standard InChI is InChI=1S/C10H21N3OS/c1-13(2)10(14)12-5-4-11-7-9-3-6-15-8-9/h9,11H,3-8H2,1-2H3,(H,12,14). The van der Waals surface area contributed by atoms with Gasteiger partial charge < -0.3 is 15.5 Å². The van der Waals surface area contributed by atoms with Crippen molar-refractivity contribution in [3.8, 4) is 0 Å². The lowest BCUT2D eigenvalue weighted by molar-refractivity contribution is 0.217. The molecule has 1 unspecified atom stereocenters. The second-order valence-corrected chi connectivity index (χ2v) is 5.21. The fourth-order valence-corrected chi connectivity index (χ4v) is 2.75.